The Morgan fingerprint density at radius 3 is 2.59 bits per heavy atom. The molecule has 0 bridgehead atoms. The summed E-state index contributed by atoms with van der Waals surface area (Å²) in [5.74, 6) is 1.18. The van der Waals surface area contributed by atoms with E-state index in [0.717, 1.165) is 16.5 Å². The van der Waals surface area contributed by atoms with Gasteiger partial charge in [0.1, 0.15) is 0 Å². The number of pyridine rings is 1. The topological polar surface area (TPSA) is 80.4 Å². The van der Waals surface area contributed by atoms with Crippen LogP contribution in [0.2, 0.25) is 0 Å². The van der Waals surface area contributed by atoms with E-state index in [1.54, 1.807) is 14.2 Å². The number of rotatable bonds is 7. The molecule has 1 heterocycles. The zero-order chi connectivity index (χ0) is 19.2. The van der Waals surface area contributed by atoms with Crippen molar-refractivity contribution in [3.63, 3.8) is 0 Å². The molecule has 0 radical (unpaired) electrons. The molecular formula is C21H22N2O4. The van der Waals surface area contributed by atoms with Gasteiger partial charge in [-0.05, 0) is 41.6 Å². The predicted octanol–water partition coefficient (Wildman–Crippen LogP) is 2.79. The molecule has 0 saturated heterocycles. The first-order valence-electron chi connectivity index (χ1n) is 8.69. The molecule has 0 aliphatic rings. The van der Waals surface area contributed by atoms with Crippen LogP contribution in [0.5, 0.6) is 11.5 Å². The Morgan fingerprint density at radius 2 is 1.81 bits per heavy atom. The highest BCUT2D eigenvalue weighted by molar-refractivity contribution is 5.79. The number of methoxy groups -OCH3 is 2. The van der Waals surface area contributed by atoms with Crippen LogP contribution in [-0.4, -0.2) is 25.1 Å². The number of ether oxygens (including phenoxy) is 2. The maximum Gasteiger partial charge on any atom is 0.253 e. The second-order valence-electron chi connectivity index (χ2n) is 6.18. The number of hydrogen-bond donors (Lipinski definition) is 2. The highest BCUT2D eigenvalue weighted by atomic mass is 16.5. The summed E-state index contributed by atoms with van der Waals surface area (Å²) in [4.78, 5) is 27.1. The number of carbonyl (C=O) groups is 1. The fourth-order valence-corrected chi connectivity index (χ4v) is 2.90. The summed E-state index contributed by atoms with van der Waals surface area (Å²) in [6.45, 7) is 0.199. The third-order valence-electron chi connectivity index (χ3n) is 4.40. The first kappa shape index (κ1) is 18.5. The van der Waals surface area contributed by atoms with E-state index in [0.29, 0.717) is 29.9 Å². The Hall–Kier alpha value is -3.28. The molecule has 3 aromatic rings. The molecule has 1 amide bonds. The molecule has 2 aromatic carbocycles. The van der Waals surface area contributed by atoms with Crippen molar-refractivity contribution in [2.45, 2.75) is 19.4 Å². The van der Waals surface area contributed by atoms with Crippen molar-refractivity contribution in [3.05, 3.63) is 70.0 Å². The van der Waals surface area contributed by atoms with Crippen LogP contribution in [0.4, 0.5) is 0 Å². The van der Waals surface area contributed by atoms with Crippen molar-refractivity contribution in [1.29, 1.82) is 0 Å². The second-order valence-corrected chi connectivity index (χ2v) is 6.18. The fourth-order valence-electron chi connectivity index (χ4n) is 2.90. The number of para-hydroxylation sites is 1. The molecule has 0 fully saturated rings. The van der Waals surface area contributed by atoms with E-state index in [4.69, 9.17) is 9.47 Å². The van der Waals surface area contributed by atoms with Crippen LogP contribution in [0.1, 0.15) is 17.5 Å². The summed E-state index contributed by atoms with van der Waals surface area (Å²) in [5, 5.41) is 3.75. The highest BCUT2D eigenvalue weighted by Gasteiger charge is 2.08. The van der Waals surface area contributed by atoms with Gasteiger partial charge in [-0.1, -0.05) is 24.3 Å². The van der Waals surface area contributed by atoms with E-state index in [1.807, 2.05) is 48.5 Å². The van der Waals surface area contributed by atoms with Gasteiger partial charge >= 0.3 is 0 Å². The maximum absolute atomic E-state index is 12.2. The number of aryl methyl sites for hydroxylation is 1. The zero-order valence-electron chi connectivity index (χ0n) is 15.4. The summed E-state index contributed by atoms with van der Waals surface area (Å²) in [7, 11) is 3.16. The van der Waals surface area contributed by atoms with Crippen LogP contribution >= 0.6 is 0 Å². The van der Waals surface area contributed by atoms with Crippen LogP contribution in [0, 0.1) is 0 Å². The number of hydrogen-bond acceptors (Lipinski definition) is 4. The van der Waals surface area contributed by atoms with Gasteiger partial charge in [-0.25, -0.2) is 0 Å². The molecule has 1 aromatic heterocycles. The van der Waals surface area contributed by atoms with E-state index in [-0.39, 0.29) is 18.0 Å². The minimum absolute atomic E-state index is 0.114. The third-order valence-corrected chi connectivity index (χ3v) is 4.40. The van der Waals surface area contributed by atoms with Gasteiger partial charge < -0.3 is 19.8 Å². The zero-order valence-corrected chi connectivity index (χ0v) is 15.4. The Labute approximate surface area is 157 Å². The van der Waals surface area contributed by atoms with Crippen molar-refractivity contribution in [2.75, 3.05) is 14.2 Å². The summed E-state index contributed by atoms with van der Waals surface area (Å²) in [6, 6.07) is 14.9. The largest absolute Gasteiger partial charge is 0.493 e. The first-order valence-corrected chi connectivity index (χ1v) is 8.69. The van der Waals surface area contributed by atoms with Gasteiger partial charge in [0, 0.05) is 24.0 Å². The van der Waals surface area contributed by atoms with Crippen molar-refractivity contribution in [2.24, 2.45) is 0 Å². The molecule has 6 heteroatoms. The Bertz CT molecular complexity index is 1010. The number of carbonyl (C=O) groups excluding carboxylic acids is 1. The molecule has 0 saturated carbocycles. The van der Waals surface area contributed by atoms with E-state index in [9.17, 15) is 9.59 Å². The van der Waals surface area contributed by atoms with Gasteiger partial charge in [0.25, 0.3) is 5.56 Å². The normalized spacial score (nSPS) is 10.6. The Morgan fingerprint density at radius 1 is 1.04 bits per heavy atom. The lowest BCUT2D eigenvalue weighted by Crippen LogP contribution is -2.26. The van der Waals surface area contributed by atoms with Gasteiger partial charge in [-0.15, -0.1) is 0 Å². The van der Waals surface area contributed by atoms with Crippen LogP contribution in [0.3, 0.4) is 0 Å². The fraction of sp³-hybridized carbons (Fsp3) is 0.238. The van der Waals surface area contributed by atoms with Gasteiger partial charge in [-0.2, -0.15) is 0 Å². The van der Waals surface area contributed by atoms with Crippen LogP contribution in [0.15, 0.2) is 53.3 Å². The first-order chi connectivity index (χ1) is 13.1. The van der Waals surface area contributed by atoms with Crippen molar-refractivity contribution < 1.29 is 14.3 Å². The standard InChI is InChI=1S/C21H22N2O4/c1-26-18-9-7-14(11-19(18)27-2)8-10-20(24)22-13-16-12-15-5-3-4-6-17(15)23-21(16)25/h3-7,9,11-12H,8,10,13H2,1-2H3,(H,22,24)(H,23,25). The number of aromatic nitrogens is 1. The quantitative estimate of drug-likeness (QED) is 0.674. The number of aromatic amines is 1. The minimum Gasteiger partial charge on any atom is -0.493 e. The van der Waals surface area contributed by atoms with E-state index >= 15 is 0 Å². The molecule has 0 aliphatic heterocycles. The minimum atomic E-state index is -0.186. The number of amides is 1. The predicted molar refractivity (Wildman–Crippen MR) is 104 cm³/mol. The van der Waals surface area contributed by atoms with Gasteiger partial charge in [0.15, 0.2) is 11.5 Å². The lowest BCUT2D eigenvalue weighted by Gasteiger charge is -2.10. The van der Waals surface area contributed by atoms with E-state index < -0.39 is 0 Å². The summed E-state index contributed by atoms with van der Waals surface area (Å²) >= 11 is 0. The Balaban J connectivity index is 1.59. The van der Waals surface area contributed by atoms with Gasteiger partial charge in [0.2, 0.25) is 5.91 Å². The van der Waals surface area contributed by atoms with Crippen molar-refractivity contribution in [3.8, 4) is 11.5 Å². The summed E-state index contributed by atoms with van der Waals surface area (Å²) in [6.07, 6.45) is 0.890. The molecule has 0 aliphatic carbocycles. The monoisotopic (exact) mass is 366 g/mol. The van der Waals surface area contributed by atoms with Crippen LogP contribution in [-0.2, 0) is 17.8 Å². The number of H-pyrrole nitrogens is 1. The molecule has 27 heavy (non-hydrogen) atoms. The van der Waals surface area contributed by atoms with Crippen LogP contribution in [0.25, 0.3) is 10.9 Å². The third kappa shape index (κ3) is 4.47. The summed E-state index contributed by atoms with van der Waals surface area (Å²) < 4.78 is 10.5. The maximum atomic E-state index is 12.2. The van der Waals surface area contributed by atoms with E-state index in [2.05, 4.69) is 10.3 Å². The Kier molecular flexibility index (Phi) is 5.76. The van der Waals surface area contributed by atoms with Crippen LogP contribution < -0.4 is 20.3 Å². The average molecular weight is 366 g/mol. The molecule has 3 rings (SSSR count). The lowest BCUT2D eigenvalue weighted by molar-refractivity contribution is -0.121. The van der Waals surface area contributed by atoms with E-state index in [1.165, 1.54) is 0 Å². The van der Waals surface area contributed by atoms with Crippen molar-refractivity contribution >= 4 is 16.8 Å². The number of benzene rings is 2. The number of nitrogens with one attached hydrogen (secondary N) is 2. The SMILES string of the molecule is COc1ccc(CCC(=O)NCc2cc3ccccc3[nH]c2=O)cc1OC. The molecule has 0 unspecified atom stereocenters. The second kappa shape index (κ2) is 8.40. The average Bonchev–Trinajstić information content (AvgIpc) is 2.70. The van der Waals surface area contributed by atoms with Gasteiger partial charge in [-0.3, -0.25) is 9.59 Å². The molecule has 2 N–H and O–H groups in total. The molecule has 0 spiro atoms. The van der Waals surface area contributed by atoms with Crippen molar-refractivity contribution in [1.82, 2.24) is 10.3 Å². The molecular weight excluding hydrogens is 344 g/mol. The molecule has 140 valence electrons. The number of fused-ring (bicyclic) bond motifs is 1. The highest BCUT2D eigenvalue weighted by Crippen LogP contribution is 2.27. The lowest BCUT2D eigenvalue weighted by atomic mass is 10.1. The van der Waals surface area contributed by atoms with Gasteiger partial charge in [0.05, 0.1) is 14.2 Å². The molecule has 6 nitrogen and oxygen atoms in total. The smallest absolute Gasteiger partial charge is 0.253 e. The summed E-state index contributed by atoms with van der Waals surface area (Å²) in [5.41, 5.74) is 2.11. The molecule has 0 atom stereocenters.